The summed E-state index contributed by atoms with van der Waals surface area (Å²) < 4.78 is 0. The molecule has 0 spiro atoms. The largest absolute Gasteiger partial charge is 0.0998 e. The Labute approximate surface area is 58.0 Å². The highest BCUT2D eigenvalue weighted by Crippen LogP contribution is 2.48. The molecule has 0 heterocycles. The van der Waals surface area contributed by atoms with Gasteiger partial charge in [0, 0.05) is 0 Å². The van der Waals surface area contributed by atoms with Crippen LogP contribution in [0.1, 0.15) is 33.6 Å². The quantitative estimate of drug-likeness (QED) is 0.471. The molecule has 0 amide bonds. The van der Waals surface area contributed by atoms with Gasteiger partial charge in [0.15, 0.2) is 0 Å². The molecule has 0 aromatic rings. The molecule has 0 heteroatoms. The van der Waals surface area contributed by atoms with Gasteiger partial charge in [-0.05, 0) is 31.1 Å². The molecule has 1 fully saturated rings. The maximum absolute atomic E-state index is 3.97. The maximum atomic E-state index is 3.97. The van der Waals surface area contributed by atoms with E-state index in [9.17, 15) is 0 Å². The molecule has 0 N–H and O–H groups in total. The fourth-order valence-corrected chi connectivity index (χ4v) is 1.78. The first-order chi connectivity index (χ1) is 4.04. The molecule has 0 aromatic heterocycles. The van der Waals surface area contributed by atoms with Crippen molar-refractivity contribution in [1.82, 2.24) is 0 Å². The van der Waals surface area contributed by atoms with Crippen molar-refractivity contribution < 1.29 is 0 Å². The molecule has 0 nitrogen and oxygen atoms in total. The lowest BCUT2D eigenvalue weighted by atomic mass is 9.60. The monoisotopic (exact) mass is 124 g/mol. The Hall–Kier alpha value is -0.260. The van der Waals surface area contributed by atoms with Gasteiger partial charge in [0.25, 0.3) is 0 Å². The van der Waals surface area contributed by atoms with Gasteiger partial charge in [0.1, 0.15) is 0 Å². The molecule has 1 saturated carbocycles. The molecule has 1 rings (SSSR count). The zero-order valence-electron chi connectivity index (χ0n) is 6.70. The fourth-order valence-electron chi connectivity index (χ4n) is 1.78. The first-order valence-electron chi connectivity index (χ1n) is 3.69. The van der Waals surface area contributed by atoms with Crippen molar-refractivity contribution in [1.29, 1.82) is 0 Å². The summed E-state index contributed by atoms with van der Waals surface area (Å²) in [4.78, 5) is 0. The van der Waals surface area contributed by atoms with Crippen molar-refractivity contribution in [2.45, 2.75) is 33.6 Å². The second-order valence-corrected chi connectivity index (χ2v) is 3.93. The minimum absolute atomic E-state index is 0.561. The number of rotatable bonds is 1. The summed E-state index contributed by atoms with van der Waals surface area (Å²) in [6, 6.07) is 0. The second kappa shape index (κ2) is 1.86. The van der Waals surface area contributed by atoms with E-state index >= 15 is 0 Å². The Morgan fingerprint density at radius 3 is 2.11 bits per heavy atom. The van der Waals surface area contributed by atoms with Gasteiger partial charge < -0.3 is 0 Å². The lowest BCUT2D eigenvalue weighted by Gasteiger charge is -2.45. The van der Waals surface area contributed by atoms with Crippen LogP contribution in [0.5, 0.6) is 0 Å². The van der Waals surface area contributed by atoms with Gasteiger partial charge in [-0.1, -0.05) is 26.0 Å². The van der Waals surface area contributed by atoms with Gasteiger partial charge in [-0.25, -0.2) is 0 Å². The molecule has 0 bridgehead atoms. The Bertz CT molecular complexity index is 131. The number of allylic oxidation sites excluding steroid dienone is 1. The third-order valence-electron chi connectivity index (χ3n) is 2.62. The van der Waals surface area contributed by atoms with Crippen molar-refractivity contribution >= 4 is 0 Å². The van der Waals surface area contributed by atoms with Gasteiger partial charge in [-0.2, -0.15) is 0 Å². The van der Waals surface area contributed by atoms with Crippen molar-refractivity contribution in [3.05, 3.63) is 12.2 Å². The summed E-state index contributed by atoms with van der Waals surface area (Å²) in [6.45, 7) is 10.8. The second-order valence-electron chi connectivity index (χ2n) is 3.93. The lowest BCUT2D eigenvalue weighted by molar-refractivity contribution is 0.104. The van der Waals surface area contributed by atoms with Crippen LogP contribution in [0.4, 0.5) is 0 Å². The summed E-state index contributed by atoms with van der Waals surface area (Å²) in [7, 11) is 0. The Morgan fingerprint density at radius 2 is 2.11 bits per heavy atom. The average Bonchev–Trinajstić information content (AvgIpc) is 1.62. The summed E-state index contributed by atoms with van der Waals surface area (Å²) in [5.41, 5.74) is 1.93. The van der Waals surface area contributed by atoms with E-state index in [-0.39, 0.29) is 0 Å². The Balaban J connectivity index is 2.55. The molecular weight excluding hydrogens is 108 g/mol. The zero-order valence-corrected chi connectivity index (χ0v) is 6.70. The first-order valence-corrected chi connectivity index (χ1v) is 3.69. The molecule has 9 heavy (non-hydrogen) atoms. The van der Waals surface area contributed by atoms with Crippen LogP contribution in [-0.2, 0) is 0 Å². The SMILES string of the molecule is C=C(C)[C@H]1CCC1(C)C. The van der Waals surface area contributed by atoms with Crippen LogP contribution < -0.4 is 0 Å². The van der Waals surface area contributed by atoms with Gasteiger partial charge in [-0.15, -0.1) is 0 Å². The van der Waals surface area contributed by atoms with E-state index in [4.69, 9.17) is 0 Å². The highest BCUT2D eigenvalue weighted by molar-refractivity contribution is 5.07. The molecule has 1 atom stereocenters. The molecule has 0 unspecified atom stereocenters. The normalized spacial score (nSPS) is 31.2. The van der Waals surface area contributed by atoms with E-state index in [1.165, 1.54) is 18.4 Å². The molecule has 52 valence electrons. The lowest BCUT2D eigenvalue weighted by Crippen LogP contribution is -2.34. The van der Waals surface area contributed by atoms with Gasteiger partial charge in [0.05, 0.1) is 0 Å². The van der Waals surface area contributed by atoms with Crippen LogP contribution in [0.3, 0.4) is 0 Å². The summed E-state index contributed by atoms with van der Waals surface area (Å²) in [5, 5.41) is 0. The highest BCUT2D eigenvalue weighted by Gasteiger charge is 2.38. The minimum Gasteiger partial charge on any atom is -0.0998 e. The summed E-state index contributed by atoms with van der Waals surface area (Å²) in [5.74, 6) is 0.803. The van der Waals surface area contributed by atoms with Crippen LogP contribution in [0, 0.1) is 11.3 Å². The molecule has 0 aromatic carbocycles. The minimum atomic E-state index is 0.561. The van der Waals surface area contributed by atoms with Gasteiger partial charge in [0.2, 0.25) is 0 Å². The topological polar surface area (TPSA) is 0 Å². The highest BCUT2D eigenvalue weighted by atomic mass is 14.4. The predicted octanol–water partition coefficient (Wildman–Crippen LogP) is 3.00. The van der Waals surface area contributed by atoms with Crippen molar-refractivity contribution in [3.8, 4) is 0 Å². The smallest absolute Gasteiger partial charge is 0.0157 e. The van der Waals surface area contributed by atoms with Crippen molar-refractivity contribution in [2.24, 2.45) is 11.3 Å². The summed E-state index contributed by atoms with van der Waals surface area (Å²) in [6.07, 6.45) is 2.74. The zero-order chi connectivity index (χ0) is 7.07. The Kier molecular flexibility index (Phi) is 1.42. The van der Waals surface area contributed by atoms with Crippen LogP contribution >= 0.6 is 0 Å². The molecule has 0 aliphatic heterocycles. The molecular formula is C9H16. The third kappa shape index (κ3) is 1.03. The molecule has 0 saturated heterocycles. The van der Waals surface area contributed by atoms with Crippen LogP contribution in [-0.4, -0.2) is 0 Å². The van der Waals surface area contributed by atoms with Crippen LogP contribution in [0.25, 0.3) is 0 Å². The van der Waals surface area contributed by atoms with Gasteiger partial charge >= 0.3 is 0 Å². The first kappa shape index (κ1) is 6.85. The third-order valence-corrected chi connectivity index (χ3v) is 2.62. The summed E-state index contributed by atoms with van der Waals surface area (Å²) >= 11 is 0. The van der Waals surface area contributed by atoms with E-state index < -0.39 is 0 Å². The number of hydrogen-bond donors (Lipinski definition) is 0. The van der Waals surface area contributed by atoms with E-state index in [0.29, 0.717) is 5.41 Å². The standard InChI is InChI=1S/C9H16/c1-7(2)8-5-6-9(8,3)4/h8H,1,5-6H2,2-4H3/t8-/m1/s1. The predicted molar refractivity (Wildman–Crippen MR) is 41.3 cm³/mol. The van der Waals surface area contributed by atoms with E-state index in [2.05, 4.69) is 27.4 Å². The van der Waals surface area contributed by atoms with Crippen LogP contribution in [0.15, 0.2) is 12.2 Å². The van der Waals surface area contributed by atoms with Crippen molar-refractivity contribution in [3.63, 3.8) is 0 Å². The van der Waals surface area contributed by atoms with Crippen molar-refractivity contribution in [2.75, 3.05) is 0 Å². The van der Waals surface area contributed by atoms with E-state index in [0.717, 1.165) is 5.92 Å². The molecule has 1 aliphatic carbocycles. The molecule has 0 radical (unpaired) electrons. The van der Waals surface area contributed by atoms with Crippen LogP contribution in [0.2, 0.25) is 0 Å². The van der Waals surface area contributed by atoms with Gasteiger partial charge in [-0.3, -0.25) is 0 Å². The van der Waals surface area contributed by atoms with E-state index in [1.807, 2.05) is 0 Å². The van der Waals surface area contributed by atoms with E-state index in [1.54, 1.807) is 0 Å². The fraction of sp³-hybridized carbons (Fsp3) is 0.778. The maximum Gasteiger partial charge on any atom is -0.0157 e. The number of hydrogen-bond acceptors (Lipinski definition) is 0. The Morgan fingerprint density at radius 1 is 1.56 bits per heavy atom. The average molecular weight is 124 g/mol. The molecule has 1 aliphatic rings.